The molecule has 1 heterocycles. The Morgan fingerprint density at radius 3 is 2.83 bits per heavy atom. The molecule has 0 unspecified atom stereocenters. The first-order valence-corrected chi connectivity index (χ1v) is 6.15. The third-order valence-electron chi connectivity index (χ3n) is 2.57. The molecule has 0 aliphatic heterocycles. The Bertz CT molecular complexity index is 660. The van der Waals surface area contributed by atoms with E-state index in [1.165, 1.54) is 19.4 Å². The maximum absolute atomic E-state index is 13.7. The van der Waals surface area contributed by atoms with Crippen molar-refractivity contribution < 1.29 is 13.9 Å². The number of halogens is 3. The minimum Gasteiger partial charge on any atom is -0.465 e. The highest BCUT2D eigenvalue weighted by Crippen LogP contribution is 2.35. The number of fused-ring (bicyclic) bond motifs is 1. The van der Waals surface area contributed by atoms with Gasteiger partial charge < -0.3 is 4.74 Å². The van der Waals surface area contributed by atoms with Gasteiger partial charge in [-0.2, -0.15) is 0 Å². The Morgan fingerprint density at radius 1 is 1.56 bits per heavy atom. The second-order valence-electron chi connectivity index (χ2n) is 3.69. The van der Waals surface area contributed by atoms with E-state index in [0.717, 1.165) is 0 Å². The third kappa shape index (κ3) is 1.97. The molecule has 94 valence electrons. The number of carbonyl (C=O) groups is 1. The number of methoxy groups -OCH3 is 1. The number of hydrogen-bond acceptors (Lipinski definition) is 3. The maximum atomic E-state index is 13.7. The van der Waals surface area contributed by atoms with Crippen molar-refractivity contribution >= 4 is 44.4 Å². The number of benzene rings is 1. The van der Waals surface area contributed by atoms with Gasteiger partial charge in [-0.15, -0.1) is 0 Å². The molecule has 0 aliphatic carbocycles. The zero-order valence-corrected chi connectivity index (χ0v) is 11.9. The van der Waals surface area contributed by atoms with Gasteiger partial charge in [-0.05, 0) is 34.5 Å². The molecule has 18 heavy (non-hydrogen) atoms. The predicted molar refractivity (Wildman–Crippen MR) is 70.5 cm³/mol. The van der Waals surface area contributed by atoms with Crippen LogP contribution in [-0.4, -0.2) is 18.1 Å². The maximum Gasteiger partial charge on any atom is 0.340 e. The van der Waals surface area contributed by atoms with Crippen LogP contribution in [0.15, 0.2) is 16.7 Å². The quantitative estimate of drug-likeness (QED) is 0.744. The summed E-state index contributed by atoms with van der Waals surface area (Å²) in [5.74, 6) is -1.06. The topological polar surface area (TPSA) is 39.2 Å². The SMILES string of the molecule is COC(=O)c1cnc2c(C)cc(F)c(Br)c2c1Cl. The van der Waals surface area contributed by atoms with Crippen molar-refractivity contribution in [3.63, 3.8) is 0 Å². The van der Waals surface area contributed by atoms with Crippen LogP contribution >= 0.6 is 27.5 Å². The number of rotatable bonds is 1. The summed E-state index contributed by atoms with van der Waals surface area (Å²) < 4.78 is 18.4. The molecule has 3 nitrogen and oxygen atoms in total. The zero-order chi connectivity index (χ0) is 13.4. The minimum absolute atomic E-state index is 0.109. The molecular formula is C12H8BrClFNO2. The first kappa shape index (κ1) is 13.2. The molecule has 2 aromatic rings. The van der Waals surface area contributed by atoms with Crippen molar-refractivity contribution in [1.82, 2.24) is 4.98 Å². The Morgan fingerprint density at radius 2 is 2.22 bits per heavy atom. The predicted octanol–water partition coefficient (Wildman–Crippen LogP) is 3.88. The van der Waals surface area contributed by atoms with Crippen LogP contribution in [-0.2, 0) is 4.74 Å². The number of aryl methyl sites for hydroxylation is 1. The molecule has 6 heteroatoms. The molecule has 0 radical (unpaired) electrons. The standard InChI is InChI=1S/C12H8BrClFNO2/c1-5-3-7(15)9(13)8-10(14)6(12(17)18-2)4-16-11(5)8/h3-4H,1-2H3. The van der Waals surface area contributed by atoms with Crippen LogP contribution in [0.3, 0.4) is 0 Å². The number of aromatic nitrogens is 1. The molecule has 0 saturated carbocycles. The van der Waals surface area contributed by atoms with E-state index in [-0.39, 0.29) is 15.1 Å². The average Bonchev–Trinajstić information content (AvgIpc) is 2.35. The number of pyridine rings is 1. The Kier molecular flexibility index (Phi) is 3.54. The molecular weight excluding hydrogens is 324 g/mol. The first-order chi connectivity index (χ1) is 8.47. The van der Waals surface area contributed by atoms with Gasteiger partial charge in [0.15, 0.2) is 0 Å². The number of hydrogen-bond donors (Lipinski definition) is 0. The summed E-state index contributed by atoms with van der Waals surface area (Å²) in [5.41, 5.74) is 1.29. The van der Waals surface area contributed by atoms with Gasteiger partial charge >= 0.3 is 5.97 Å². The summed E-state index contributed by atoms with van der Waals surface area (Å²) in [7, 11) is 1.24. The van der Waals surface area contributed by atoms with E-state index in [1.54, 1.807) is 6.92 Å². The molecule has 0 aliphatic rings. The van der Waals surface area contributed by atoms with Gasteiger partial charge in [-0.3, -0.25) is 4.98 Å². The van der Waals surface area contributed by atoms with Crippen LogP contribution in [0, 0.1) is 12.7 Å². The highest BCUT2D eigenvalue weighted by Gasteiger charge is 2.19. The fourth-order valence-electron chi connectivity index (χ4n) is 1.68. The molecule has 0 atom stereocenters. The van der Waals surface area contributed by atoms with Gasteiger partial charge in [0.2, 0.25) is 0 Å². The smallest absolute Gasteiger partial charge is 0.340 e. The molecule has 1 aromatic carbocycles. The van der Waals surface area contributed by atoms with Crippen molar-refractivity contribution in [2.24, 2.45) is 0 Å². The summed E-state index contributed by atoms with van der Waals surface area (Å²) in [6.07, 6.45) is 1.33. The second-order valence-corrected chi connectivity index (χ2v) is 4.86. The van der Waals surface area contributed by atoms with Gasteiger partial charge in [0, 0.05) is 11.6 Å². The molecule has 0 amide bonds. The molecule has 0 spiro atoms. The summed E-state index contributed by atoms with van der Waals surface area (Å²) in [4.78, 5) is 15.6. The van der Waals surface area contributed by atoms with Crippen LogP contribution in [0.5, 0.6) is 0 Å². The monoisotopic (exact) mass is 331 g/mol. The second kappa shape index (κ2) is 4.82. The van der Waals surface area contributed by atoms with Crippen molar-refractivity contribution in [1.29, 1.82) is 0 Å². The van der Waals surface area contributed by atoms with Crippen LogP contribution in [0.1, 0.15) is 15.9 Å². The lowest BCUT2D eigenvalue weighted by Crippen LogP contribution is -2.04. The number of ether oxygens (including phenoxy) is 1. The van der Waals surface area contributed by atoms with Crippen LogP contribution < -0.4 is 0 Å². The Labute approximate surface area is 116 Å². The highest BCUT2D eigenvalue weighted by molar-refractivity contribution is 9.10. The average molecular weight is 333 g/mol. The van der Waals surface area contributed by atoms with E-state index in [2.05, 4.69) is 25.7 Å². The van der Waals surface area contributed by atoms with Gasteiger partial charge in [0.1, 0.15) is 5.82 Å². The Hall–Kier alpha value is -1.20. The summed E-state index contributed by atoms with van der Waals surface area (Å²) in [6, 6.07) is 1.35. The highest BCUT2D eigenvalue weighted by atomic mass is 79.9. The molecule has 0 bridgehead atoms. The van der Waals surface area contributed by atoms with Gasteiger partial charge in [0.25, 0.3) is 0 Å². The molecule has 0 fully saturated rings. The van der Waals surface area contributed by atoms with Crippen molar-refractivity contribution in [3.05, 3.63) is 38.7 Å². The number of nitrogens with zero attached hydrogens (tertiary/aromatic N) is 1. The van der Waals surface area contributed by atoms with E-state index in [9.17, 15) is 9.18 Å². The lowest BCUT2D eigenvalue weighted by Gasteiger charge is -2.09. The van der Waals surface area contributed by atoms with Gasteiger partial charge in [-0.1, -0.05) is 11.6 Å². The van der Waals surface area contributed by atoms with E-state index in [1.807, 2.05) is 0 Å². The fourth-order valence-corrected chi connectivity index (χ4v) is 2.61. The zero-order valence-electron chi connectivity index (χ0n) is 9.55. The van der Waals surface area contributed by atoms with Crippen molar-refractivity contribution in [2.75, 3.05) is 7.11 Å². The van der Waals surface area contributed by atoms with Gasteiger partial charge in [-0.25, -0.2) is 9.18 Å². The largest absolute Gasteiger partial charge is 0.465 e. The van der Waals surface area contributed by atoms with E-state index >= 15 is 0 Å². The van der Waals surface area contributed by atoms with Gasteiger partial charge in [0.05, 0.1) is 27.7 Å². The fraction of sp³-hybridized carbons (Fsp3) is 0.167. The molecule has 0 N–H and O–H groups in total. The number of carbonyl (C=O) groups excluding carboxylic acids is 1. The summed E-state index contributed by atoms with van der Waals surface area (Å²) in [5, 5.41) is 0.499. The normalized spacial score (nSPS) is 10.7. The van der Waals surface area contributed by atoms with Crippen LogP contribution in [0.25, 0.3) is 10.9 Å². The van der Waals surface area contributed by atoms with E-state index in [0.29, 0.717) is 16.5 Å². The van der Waals surface area contributed by atoms with Crippen molar-refractivity contribution in [3.8, 4) is 0 Å². The van der Waals surface area contributed by atoms with E-state index in [4.69, 9.17) is 11.6 Å². The summed E-state index contributed by atoms with van der Waals surface area (Å²) in [6.45, 7) is 1.72. The number of esters is 1. The molecule has 2 rings (SSSR count). The minimum atomic E-state index is -0.608. The third-order valence-corrected chi connectivity index (χ3v) is 3.73. The lowest BCUT2D eigenvalue weighted by molar-refractivity contribution is 0.0600. The molecule has 0 saturated heterocycles. The summed E-state index contributed by atoms with van der Waals surface area (Å²) >= 11 is 9.25. The lowest BCUT2D eigenvalue weighted by atomic mass is 10.1. The van der Waals surface area contributed by atoms with Crippen LogP contribution in [0.2, 0.25) is 5.02 Å². The van der Waals surface area contributed by atoms with Crippen molar-refractivity contribution in [2.45, 2.75) is 6.92 Å². The molecule has 1 aromatic heterocycles. The van der Waals surface area contributed by atoms with Crippen LogP contribution in [0.4, 0.5) is 4.39 Å². The first-order valence-electron chi connectivity index (χ1n) is 4.98. The van der Waals surface area contributed by atoms with E-state index < -0.39 is 11.8 Å². The Balaban J connectivity index is 2.89.